The van der Waals surface area contributed by atoms with Gasteiger partial charge in [0.1, 0.15) is 0 Å². The van der Waals surface area contributed by atoms with E-state index in [2.05, 4.69) is 5.32 Å². The third-order valence-electron chi connectivity index (χ3n) is 4.78. The van der Waals surface area contributed by atoms with Crippen LogP contribution in [-0.2, 0) is 9.59 Å². The molecule has 0 heterocycles. The van der Waals surface area contributed by atoms with Crippen LogP contribution >= 0.6 is 0 Å². The summed E-state index contributed by atoms with van der Waals surface area (Å²) in [7, 11) is 0. The lowest BCUT2D eigenvalue weighted by atomic mass is 9.76. The van der Waals surface area contributed by atoms with E-state index in [0.29, 0.717) is 12.8 Å². The molecule has 1 aliphatic rings. The minimum Gasteiger partial charge on any atom is -0.481 e. The maximum absolute atomic E-state index is 12.6. The third-order valence-corrected chi connectivity index (χ3v) is 4.78. The number of aryl methyl sites for hydroxylation is 1. The second-order valence-corrected chi connectivity index (χ2v) is 6.26. The van der Waals surface area contributed by atoms with Crippen molar-refractivity contribution in [3.63, 3.8) is 0 Å². The van der Waals surface area contributed by atoms with Crippen LogP contribution in [0.3, 0.4) is 0 Å². The van der Waals surface area contributed by atoms with Crippen molar-refractivity contribution >= 4 is 17.6 Å². The molecule has 0 bridgehead atoms. The topological polar surface area (TPSA) is 66.4 Å². The van der Waals surface area contributed by atoms with Crippen molar-refractivity contribution in [3.8, 4) is 0 Å². The highest BCUT2D eigenvalue weighted by Crippen LogP contribution is 2.35. The molecule has 0 aromatic heterocycles. The number of nitrogens with one attached hydrogen (secondary N) is 1. The maximum Gasteiger partial charge on any atom is 0.307 e. The summed E-state index contributed by atoms with van der Waals surface area (Å²) in [6.07, 6.45) is 0.964. The van der Waals surface area contributed by atoms with Gasteiger partial charge in [-0.05, 0) is 57.7 Å². The maximum atomic E-state index is 12.6. The van der Waals surface area contributed by atoms with Gasteiger partial charge in [-0.15, -0.1) is 0 Å². The van der Waals surface area contributed by atoms with Gasteiger partial charge in [-0.1, -0.05) is 23.3 Å². The van der Waals surface area contributed by atoms with Gasteiger partial charge in [0.2, 0.25) is 5.91 Å². The number of carboxylic acid groups (broad SMARTS) is 1. The SMILES string of the molecule is CC1=C(C)C[C@@H](C(=O)Nc2cccc(C)c2C)[C@@H](C(=O)O)C1. The first kappa shape index (κ1) is 16.3. The highest BCUT2D eigenvalue weighted by molar-refractivity contribution is 5.96. The van der Waals surface area contributed by atoms with Crippen LogP contribution in [0.4, 0.5) is 5.69 Å². The first-order valence-corrected chi connectivity index (χ1v) is 7.56. The van der Waals surface area contributed by atoms with E-state index < -0.39 is 17.8 Å². The van der Waals surface area contributed by atoms with Crippen LogP contribution < -0.4 is 5.32 Å². The number of aliphatic carboxylic acids is 1. The molecule has 0 unspecified atom stereocenters. The number of hydrogen-bond acceptors (Lipinski definition) is 2. The van der Waals surface area contributed by atoms with Gasteiger partial charge >= 0.3 is 5.97 Å². The Hall–Kier alpha value is -2.10. The predicted molar refractivity (Wildman–Crippen MR) is 86.8 cm³/mol. The molecular formula is C18H23NO3. The molecule has 0 fully saturated rings. The molecule has 1 amide bonds. The highest BCUT2D eigenvalue weighted by Gasteiger charge is 2.37. The first-order chi connectivity index (χ1) is 10.3. The molecule has 0 radical (unpaired) electrons. The minimum absolute atomic E-state index is 0.201. The molecule has 0 saturated carbocycles. The monoisotopic (exact) mass is 301 g/mol. The molecule has 0 spiro atoms. The number of benzene rings is 1. The Morgan fingerprint density at radius 1 is 1.05 bits per heavy atom. The number of hydrogen-bond donors (Lipinski definition) is 2. The summed E-state index contributed by atoms with van der Waals surface area (Å²) in [5.41, 5.74) is 5.09. The Morgan fingerprint density at radius 2 is 1.64 bits per heavy atom. The molecule has 1 aromatic rings. The summed E-state index contributed by atoms with van der Waals surface area (Å²) in [6.45, 7) is 7.87. The van der Waals surface area contributed by atoms with E-state index in [-0.39, 0.29) is 5.91 Å². The van der Waals surface area contributed by atoms with E-state index >= 15 is 0 Å². The fourth-order valence-corrected chi connectivity index (χ4v) is 2.94. The van der Waals surface area contributed by atoms with Gasteiger partial charge in [0.05, 0.1) is 11.8 Å². The number of carbonyl (C=O) groups excluding carboxylic acids is 1. The number of carbonyl (C=O) groups is 2. The van der Waals surface area contributed by atoms with Gasteiger partial charge in [0.25, 0.3) is 0 Å². The van der Waals surface area contributed by atoms with E-state index in [4.69, 9.17) is 0 Å². The van der Waals surface area contributed by atoms with E-state index in [0.717, 1.165) is 28.0 Å². The molecule has 22 heavy (non-hydrogen) atoms. The lowest BCUT2D eigenvalue weighted by molar-refractivity contribution is -0.146. The normalized spacial score (nSPS) is 21.6. The number of rotatable bonds is 3. The molecule has 2 rings (SSSR count). The summed E-state index contributed by atoms with van der Waals surface area (Å²) in [5, 5.41) is 12.3. The van der Waals surface area contributed by atoms with Crippen molar-refractivity contribution in [1.82, 2.24) is 0 Å². The van der Waals surface area contributed by atoms with Crippen LogP contribution in [0.2, 0.25) is 0 Å². The van der Waals surface area contributed by atoms with Crippen molar-refractivity contribution in [2.24, 2.45) is 11.8 Å². The Kier molecular flexibility index (Phi) is 4.69. The zero-order chi connectivity index (χ0) is 16.4. The smallest absolute Gasteiger partial charge is 0.307 e. The van der Waals surface area contributed by atoms with Gasteiger partial charge in [-0.25, -0.2) is 0 Å². The van der Waals surface area contributed by atoms with Gasteiger partial charge in [-0.3, -0.25) is 9.59 Å². The van der Waals surface area contributed by atoms with Gasteiger partial charge in [0, 0.05) is 5.69 Å². The van der Waals surface area contributed by atoms with Gasteiger partial charge in [-0.2, -0.15) is 0 Å². The summed E-state index contributed by atoms with van der Waals surface area (Å²) in [4.78, 5) is 24.1. The Morgan fingerprint density at radius 3 is 2.23 bits per heavy atom. The summed E-state index contributed by atoms with van der Waals surface area (Å²) < 4.78 is 0. The predicted octanol–water partition coefficient (Wildman–Crippen LogP) is 3.69. The standard InChI is InChI=1S/C18H23NO3/c1-10-6-5-7-16(13(10)4)19-17(20)14-8-11(2)12(3)9-15(14)18(21)22/h5-7,14-15H,8-9H2,1-4H3,(H,19,20)(H,21,22)/t14-,15+/m1/s1. The molecule has 0 saturated heterocycles. The fraction of sp³-hybridized carbons (Fsp3) is 0.444. The third kappa shape index (κ3) is 3.21. The van der Waals surface area contributed by atoms with Gasteiger partial charge in [0.15, 0.2) is 0 Å². The zero-order valence-corrected chi connectivity index (χ0v) is 13.6. The number of carboxylic acids is 1. The average molecular weight is 301 g/mol. The molecule has 2 N–H and O–H groups in total. The Balaban J connectivity index is 2.24. The summed E-state index contributed by atoms with van der Waals surface area (Å²) >= 11 is 0. The Labute approximate surface area is 131 Å². The molecule has 4 nitrogen and oxygen atoms in total. The van der Waals surface area contributed by atoms with Gasteiger partial charge < -0.3 is 10.4 Å². The van der Waals surface area contributed by atoms with E-state index in [1.165, 1.54) is 0 Å². The number of anilines is 1. The highest BCUT2D eigenvalue weighted by atomic mass is 16.4. The average Bonchev–Trinajstić information content (AvgIpc) is 2.46. The van der Waals surface area contributed by atoms with Crippen molar-refractivity contribution in [2.75, 3.05) is 5.32 Å². The number of allylic oxidation sites excluding steroid dienone is 2. The van der Waals surface area contributed by atoms with E-state index in [9.17, 15) is 14.7 Å². The van der Waals surface area contributed by atoms with Crippen LogP contribution in [0.15, 0.2) is 29.3 Å². The van der Waals surface area contributed by atoms with Crippen molar-refractivity contribution in [2.45, 2.75) is 40.5 Å². The molecule has 2 atom stereocenters. The van der Waals surface area contributed by atoms with Crippen LogP contribution in [0.1, 0.15) is 37.8 Å². The fourth-order valence-electron chi connectivity index (χ4n) is 2.94. The molecule has 1 aliphatic carbocycles. The molecule has 4 heteroatoms. The zero-order valence-electron chi connectivity index (χ0n) is 13.6. The second-order valence-electron chi connectivity index (χ2n) is 6.26. The van der Waals surface area contributed by atoms with Crippen molar-refractivity contribution in [1.29, 1.82) is 0 Å². The van der Waals surface area contributed by atoms with Crippen LogP contribution in [0.5, 0.6) is 0 Å². The number of amides is 1. The first-order valence-electron chi connectivity index (χ1n) is 7.56. The molecule has 1 aromatic carbocycles. The minimum atomic E-state index is -0.895. The lowest BCUT2D eigenvalue weighted by Crippen LogP contribution is -2.36. The van der Waals surface area contributed by atoms with E-state index in [1.54, 1.807) is 0 Å². The summed E-state index contributed by atoms with van der Waals surface area (Å²) in [6, 6.07) is 5.73. The molecular weight excluding hydrogens is 278 g/mol. The van der Waals surface area contributed by atoms with Crippen molar-refractivity contribution in [3.05, 3.63) is 40.5 Å². The van der Waals surface area contributed by atoms with E-state index in [1.807, 2.05) is 45.9 Å². The van der Waals surface area contributed by atoms with Crippen molar-refractivity contribution < 1.29 is 14.7 Å². The second kappa shape index (κ2) is 6.34. The van der Waals surface area contributed by atoms with Crippen LogP contribution in [0.25, 0.3) is 0 Å². The quantitative estimate of drug-likeness (QED) is 0.837. The Bertz CT molecular complexity index is 646. The van der Waals surface area contributed by atoms with Crippen LogP contribution in [0, 0.1) is 25.7 Å². The summed E-state index contributed by atoms with van der Waals surface area (Å²) in [5.74, 6) is -2.25. The van der Waals surface area contributed by atoms with Crippen LogP contribution in [-0.4, -0.2) is 17.0 Å². The molecule has 118 valence electrons. The molecule has 0 aliphatic heterocycles. The lowest BCUT2D eigenvalue weighted by Gasteiger charge is -2.29. The largest absolute Gasteiger partial charge is 0.481 e.